The van der Waals surface area contributed by atoms with E-state index in [1.165, 1.54) is 0 Å². The summed E-state index contributed by atoms with van der Waals surface area (Å²) in [5.41, 5.74) is 10.4. The SMILES string of the molecule is NC(=O)C(CC1CC1)C(N)=NO. The topological polar surface area (TPSA) is 102 Å². The van der Waals surface area contributed by atoms with E-state index in [0.29, 0.717) is 12.3 Å². The van der Waals surface area contributed by atoms with E-state index in [-0.39, 0.29) is 5.84 Å². The molecule has 1 rings (SSSR count). The van der Waals surface area contributed by atoms with Gasteiger partial charge in [-0.3, -0.25) is 4.79 Å². The molecule has 1 saturated carbocycles. The quantitative estimate of drug-likeness (QED) is 0.233. The first-order chi connectivity index (χ1) is 5.65. The van der Waals surface area contributed by atoms with Gasteiger partial charge in [-0.2, -0.15) is 0 Å². The highest BCUT2D eigenvalue weighted by Gasteiger charge is 2.30. The minimum Gasteiger partial charge on any atom is -0.409 e. The summed E-state index contributed by atoms with van der Waals surface area (Å²) >= 11 is 0. The predicted octanol–water partition coefficient (Wildman–Crippen LogP) is -0.366. The minimum absolute atomic E-state index is 0.0746. The fraction of sp³-hybridized carbons (Fsp3) is 0.714. The molecule has 0 aromatic rings. The van der Waals surface area contributed by atoms with Crippen LogP contribution < -0.4 is 11.5 Å². The van der Waals surface area contributed by atoms with Crippen LogP contribution in [0, 0.1) is 11.8 Å². The first-order valence-corrected chi connectivity index (χ1v) is 3.92. The number of carbonyl (C=O) groups excluding carboxylic acids is 1. The number of nitrogens with two attached hydrogens (primary N) is 2. The Bertz CT molecular complexity index is 211. The zero-order valence-electron chi connectivity index (χ0n) is 6.73. The van der Waals surface area contributed by atoms with E-state index in [1.807, 2.05) is 0 Å². The van der Waals surface area contributed by atoms with E-state index in [1.54, 1.807) is 0 Å². The van der Waals surface area contributed by atoms with Crippen molar-refractivity contribution in [2.75, 3.05) is 0 Å². The number of rotatable bonds is 4. The van der Waals surface area contributed by atoms with Crippen molar-refractivity contribution in [2.45, 2.75) is 19.3 Å². The van der Waals surface area contributed by atoms with E-state index in [0.717, 1.165) is 12.8 Å². The molecule has 0 radical (unpaired) electrons. The van der Waals surface area contributed by atoms with Crippen LogP contribution in [0.2, 0.25) is 0 Å². The van der Waals surface area contributed by atoms with Gasteiger partial charge in [0.15, 0.2) is 5.84 Å². The molecule has 1 aliphatic rings. The fourth-order valence-electron chi connectivity index (χ4n) is 1.14. The highest BCUT2D eigenvalue weighted by atomic mass is 16.4. The Hall–Kier alpha value is -1.26. The van der Waals surface area contributed by atoms with Crippen molar-refractivity contribution < 1.29 is 10.0 Å². The molecule has 1 amide bonds. The van der Waals surface area contributed by atoms with Crippen molar-refractivity contribution in [2.24, 2.45) is 28.5 Å². The van der Waals surface area contributed by atoms with Crippen LogP contribution in [0.4, 0.5) is 0 Å². The number of carbonyl (C=O) groups is 1. The average Bonchev–Trinajstić information content (AvgIpc) is 2.81. The molecule has 12 heavy (non-hydrogen) atoms. The maximum absolute atomic E-state index is 10.8. The molecule has 0 aromatic heterocycles. The van der Waals surface area contributed by atoms with Crippen LogP contribution in [0.15, 0.2) is 5.16 Å². The standard InChI is InChI=1S/C7H13N3O2/c8-6(10-12)5(7(9)11)3-4-1-2-4/h4-5,12H,1-3H2,(H2,8,10)(H2,9,11). The summed E-state index contributed by atoms with van der Waals surface area (Å²) in [5, 5.41) is 11.1. The van der Waals surface area contributed by atoms with Gasteiger partial charge in [0.1, 0.15) is 0 Å². The van der Waals surface area contributed by atoms with E-state index in [2.05, 4.69) is 5.16 Å². The molecule has 0 aromatic carbocycles. The van der Waals surface area contributed by atoms with Gasteiger partial charge in [0.05, 0.1) is 5.92 Å². The van der Waals surface area contributed by atoms with Crippen molar-refractivity contribution in [3.8, 4) is 0 Å². The molecule has 0 bridgehead atoms. The molecule has 5 nitrogen and oxygen atoms in total. The van der Waals surface area contributed by atoms with E-state index in [4.69, 9.17) is 16.7 Å². The van der Waals surface area contributed by atoms with Gasteiger partial charge in [-0.05, 0) is 12.3 Å². The van der Waals surface area contributed by atoms with Crippen molar-refractivity contribution in [1.29, 1.82) is 0 Å². The molecule has 1 aliphatic carbocycles. The lowest BCUT2D eigenvalue weighted by Crippen LogP contribution is -2.35. The number of primary amides is 1. The monoisotopic (exact) mass is 171 g/mol. The lowest BCUT2D eigenvalue weighted by Gasteiger charge is -2.09. The Morgan fingerprint density at radius 2 is 2.17 bits per heavy atom. The summed E-state index contributed by atoms with van der Waals surface area (Å²) in [7, 11) is 0. The summed E-state index contributed by atoms with van der Waals surface area (Å²) in [6.45, 7) is 0. The summed E-state index contributed by atoms with van der Waals surface area (Å²) in [4.78, 5) is 10.8. The van der Waals surface area contributed by atoms with Gasteiger partial charge < -0.3 is 16.7 Å². The Morgan fingerprint density at radius 3 is 2.50 bits per heavy atom. The molecule has 0 heterocycles. The highest BCUT2D eigenvalue weighted by molar-refractivity contribution is 6.01. The zero-order chi connectivity index (χ0) is 9.14. The Morgan fingerprint density at radius 1 is 1.58 bits per heavy atom. The van der Waals surface area contributed by atoms with E-state index >= 15 is 0 Å². The number of oxime groups is 1. The van der Waals surface area contributed by atoms with Crippen molar-refractivity contribution in [1.82, 2.24) is 0 Å². The number of amidine groups is 1. The van der Waals surface area contributed by atoms with Gasteiger partial charge in [0, 0.05) is 0 Å². The van der Waals surface area contributed by atoms with Gasteiger partial charge in [-0.25, -0.2) is 0 Å². The second-order valence-corrected chi connectivity index (χ2v) is 3.16. The fourth-order valence-corrected chi connectivity index (χ4v) is 1.14. The summed E-state index contributed by atoms with van der Waals surface area (Å²) in [6.07, 6.45) is 2.84. The van der Waals surface area contributed by atoms with Gasteiger partial charge in [-0.15, -0.1) is 0 Å². The highest BCUT2D eigenvalue weighted by Crippen LogP contribution is 2.35. The number of hydrogen-bond donors (Lipinski definition) is 3. The van der Waals surface area contributed by atoms with Crippen molar-refractivity contribution in [3.05, 3.63) is 0 Å². The van der Waals surface area contributed by atoms with E-state index in [9.17, 15) is 4.79 Å². The maximum Gasteiger partial charge on any atom is 0.228 e. The lowest BCUT2D eigenvalue weighted by molar-refractivity contribution is -0.120. The van der Waals surface area contributed by atoms with Gasteiger partial charge in [0.2, 0.25) is 5.91 Å². The molecule has 5 heteroatoms. The Balaban J connectivity index is 2.53. The van der Waals surface area contributed by atoms with Crippen LogP contribution >= 0.6 is 0 Å². The molecule has 0 aliphatic heterocycles. The van der Waals surface area contributed by atoms with Crippen LogP contribution in [0.5, 0.6) is 0 Å². The van der Waals surface area contributed by atoms with Crippen LogP contribution in [0.3, 0.4) is 0 Å². The average molecular weight is 171 g/mol. The molecule has 1 unspecified atom stereocenters. The lowest BCUT2D eigenvalue weighted by atomic mass is 10.0. The van der Waals surface area contributed by atoms with Crippen molar-refractivity contribution in [3.63, 3.8) is 0 Å². The zero-order valence-corrected chi connectivity index (χ0v) is 6.73. The van der Waals surface area contributed by atoms with Crippen LogP contribution in [0.25, 0.3) is 0 Å². The molecule has 1 fully saturated rings. The predicted molar refractivity (Wildman–Crippen MR) is 43.4 cm³/mol. The smallest absolute Gasteiger partial charge is 0.228 e. The molecule has 5 N–H and O–H groups in total. The number of nitrogens with zero attached hydrogens (tertiary/aromatic N) is 1. The first-order valence-electron chi connectivity index (χ1n) is 3.92. The summed E-state index contributed by atoms with van der Waals surface area (Å²) < 4.78 is 0. The van der Waals surface area contributed by atoms with E-state index < -0.39 is 11.8 Å². The van der Waals surface area contributed by atoms with Crippen molar-refractivity contribution >= 4 is 11.7 Å². The van der Waals surface area contributed by atoms with Gasteiger partial charge >= 0.3 is 0 Å². The second kappa shape index (κ2) is 3.42. The summed E-state index contributed by atoms with van der Waals surface area (Å²) in [5.74, 6) is -0.656. The maximum atomic E-state index is 10.8. The van der Waals surface area contributed by atoms with Crippen LogP contribution in [-0.4, -0.2) is 17.0 Å². The molecular formula is C7H13N3O2. The van der Waals surface area contributed by atoms with Crippen LogP contribution in [-0.2, 0) is 4.79 Å². The number of amides is 1. The Kier molecular flexibility index (Phi) is 2.52. The number of hydrogen-bond acceptors (Lipinski definition) is 3. The molecule has 0 saturated heterocycles. The van der Waals surface area contributed by atoms with Crippen LogP contribution in [0.1, 0.15) is 19.3 Å². The first kappa shape index (κ1) is 8.83. The van der Waals surface area contributed by atoms with Gasteiger partial charge in [0.25, 0.3) is 0 Å². The molecule has 68 valence electrons. The molecule has 1 atom stereocenters. The third-order valence-electron chi connectivity index (χ3n) is 2.08. The normalized spacial score (nSPS) is 20.5. The molecular weight excluding hydrogens is 158 g/mol. The molecule has 0 spiro atoms. The summed E-state index contributed by atoms with van der Waals surface area (Å²) in [6, 6.07) is 0. The third kappa shape index (κ3) is 2.11. The third-order valence-corrected chi connectivity index (χ3v) is 2.08. The van der Waals surface area contributed by atoms with Gasteiger partial charge in [-0.1, -0.05) is 18.0 Å². The minimum atomic E-state index is -0.595. The second-order valence-electron chi connectivity index (χ2n) is 3.16. The Labute approximate surface area is 70.4 Å². The largest absolute Gasteiger partial charge is 0.409 e.